The summed E-state index contributed by atoms with van der Waals surface area (Å²) in [6.45, 7) is 6.23. The van der Waals surface area contributed by atoms with E-state index in [0.29, 0.717) is 17.0 Å². The molecule has 6 nitrogen and oxygen atoms in total. The summed E-state index contributed by atoms with van der Waals surface area (Å²) in [5, 5.41) is 11.5. The number of hydrogen-bond acceptors (Lipinski definition) is 4. The SMILES string of the molecule is Cc1ccccc1S(=O)(=O)N(CCC(N)=NO)CC(C)C. The maximum Gasteiger partial charge on any atom is 0.243 e. The molecule has 1 aromatic rings. The number of nitrogens with two attached hydrogens (primary N) is 1. The normalized spacial score (nSPS) is 13.1. The van der Waals surface area contributed by atoms with Crippen molar-refractivity contribution in [3.05, 3.63) is 29.8 Å². The summed E-state index contributed by atoms with van der Waals surface area (Å²) in [6, 6.07) is 6.87. The molecule has 21 heavy (non-hydrogen) atoms. The molecule has 0 heterocycles. The van der Waals surface area contributed by atoms with E-state index in [9.17, 15) is 8.42 Å². The van der Waals surface area contributed by atoms with Crippen LogP contribution < -0.4 is 5.73 Å². The minimum atomic E-state index is -3.59. The van der Waals surface area contributed by atoms with Crippen LogP contribution in [-0.2, 0) is 10.0 Å². The number of amidine groups is 1. The van der Waals surface area contributed by atoms with Gasteiger partial charge in [0.15, 0.2) is 0 Å². The molecule has 0 spiro atoms. The van der Waals surface area contributed by atoms with Crippen molar-refractivity contribution in [2.45, 2.75) is 32.1 Å². The van der Waals surface area contributed by atoms with Crippen molar-refractivity contribution >= 4 is 15.9 Å². The summed E-state index contributed by atoms with van der Waals surface area (Å²) < 4.78 is 26.9. The van der Waals surface area contributed by atoms with Crippen LogP contribution >= 0.6 is 0 Å². The van der Waals surface area contributed by atoms with Crippen LogP contribution in [0.3, 0.4) is 0 Å². The summed E-state index contributed by atoms with van der Waals surface area (Å²) in [7, 11) is -3.59. The lowest BCUT2D eigenvalue weighted by molar-refractivity contribution is 0.314. The van der Waals surface area contributed by atoms with Gasteiger partial charge in [0.1, 0.15) is 5.84 Å². The van der Waals surface area contributed by atoms with E-state index in [1.165, 1.54) is 4.31 Å². The van der Waals surface area contributed by atoms with Gasteiger partial charge < -0.3 is 10.9 Å². The van der Waals surface area contributed by atoms with Crippen LogP contribution in [-0.4, -0.2) is 36.9 Å². The second-order valence-corrected chi connectivity index (χ2v) is 7.27. The molecule has 3 N–H and O–H groups in total. The number of hydrogen-bond donors (Lipinski definition) is 2. The van der Waals surface area contributed by atoms with E-state index in [0.717, 1.165) is 0 Å². The lowest BCUT2D eigenvalue weighted by atomic mass is 10.2. The first-order chi connectivity index (χ1) is 9.78. The van der Waals surface area contributed by atoms with Gasteiger partial charge in [-0.2, -0.15) is 4.31 Å². The smallest absolute Gasteiger partial charge is 0.243 e. The second kappa shape index (κ2) is 7.42. The van der Waals surface area contributed by atoms with Gasteiger partial charge in [0, 0.05) is 19.5 Å². The highest BCUT2D eigenvalue weighted by Gasteiger charge is 2.26. The minimum absolute atomic E-state index is 0.0174. The van der Waals surface area contributed by atoms with Gasteiger partial charge in [-0.25, -0.2) is 8.42 Å². The Labute approximate surface area is 126 Å². The largest absolute Gasteiger partial charge is 0.409 e. The third-order valence-electron chi connectivity index (χ3n) is 3.03. The predicted octanol–water partition coefficient (Wildman–Crippen LogP) is 1.78. The van der Waals surface area contributed by atoms with Gasteiger partial charge in [-0.15, -0.1) is 0 Å². The first-order valence-corrected chi connectivity index (χ1v) is 8.25. The van der Waals surface area contributed by atoms with Crippen molar-refractivity contribution in [3.8, 4) is 0 Å². The first kappa shape index (κ1) is 17.5. The molecule has 0 amide bonds. The molecule has 0 radical (unpaired) electrons. The molecule has 0 aliphatic heterocycles. The molecule has 0 fully saturated rings. The number of benzene rings is 1. The molecular formula is C14H23N3O3S. The van der Waals surface area contributed by atoms with E-state index in [4.69, 9.17) is 10.9 Å². The zero-order valence-corrected chi connectivity index (χ0v) is 13.5. The van der Waals surface area contributed by atoms with Gasteiger partial charge in [0.05, 0.1) is 4.90 Å². The van der Waals surface area contributed by atoms with Crippen molar-refractivity contribution in [2.75, 3.05) is 13.1 Å². The van der Waals surface area contributed by atoms with Crippen LogP contribution in [0.15, 0.2) is 34.3 Å². The second-order valence-electron chi connectivity index (χ2n) is 5.36. The van der Waals surface area contributed by atoms with Crippen LogP contribution in [0, 0.1) is 12.8 Å². The quantitative estimate of drug-likeness (QED) is 0.347. The minimum Gasteiger partial charge on any atom is -0.409 e. The van der Waals surface area contributed by atoms with Crippen LogP contribution in [0.1, 0.15) is 25.8 Å². The van der Waals surface area contributed by atoms with Crippen molar-refractivity contribution in [3.63, 3.8) is 0 Å². The molecular weight excluding hydrogens is 290 g/mol. The number of nitrogens with zero attached hydrogens (tertiary/aromatic N) is 2. The number of aryl methyl sites for hydroxylation is 1. The molecule has 0 aromatic heterocycles. The number of rotatable bonds is 7. The number of oxime groups is 1. The standard InChI is InChI=1S/C14H23N3O3S/c1-11(2)10-17(9-8-14(15)16-18)21(19,20)13-7-5-4-6-12(13)3/h4-7,11,18H,8-10H2,1-3H3,(H2,15,16). The molecule has 0 saturated heterocycles. The molecule has 0 aliphatic carbocycles. The highest BCUT2D eigenvalue weighted by atomic mass is 32.2. The Hall–Kier alpha value is -1.60. The van der Waals surface area contributed by atoms with Crippen molar-refractivity contribution in [1.82, 2.24) is 4.31 Å². The number of sulfonamides is 1. The maximum atomic E-state index is 12.8. The summed E-state index contributed by atoms with van der Waals surface area (Å²) in [5.41, 5.74) is 6.15. The van der Waals surface area contributed by atoms with Crippen LogP contribution in [0.5, 0.6) is 0 Å². The third kappa shape index (κ3) is 4.71. The van der Waals surface area contributed by atoms with Crippen molar-refractivity contribution in [1.29, 1.82) is 0 Å². The fraction of sp³-hybridized carbons (Fsp3) is 0.500. The molecule has 7 heteroatoms. The van der Waals surface area contributed by atoms with Gasteiger partial charge in [-0.1, -0.05) is 37.2 Å². The van der Waals surface area contributed by atoms with E-state index in [1.54, 1.807) is 31.2 Å². The summed E-state index contributed by atoms with van der Waals surface area (Å²) in [5.74, 6) is 0.194. The van der Waals surface area contributed by atoms with E-state index in [2.05, 4.69) is 5.16 Å². The average molecular weight is 313 g/mol. The van der Waals surface area contributed by atoms with Crippen molar-refractivity contribution in [2.24, 2.45) is 16.8 Å². The zero-order chi connectivity index (χ0) is 16.0. The van der Waals surface area contributed by atoms with Crippen molar-refractivity contribution < 1.29 is 13.6 Å². The highest BCUT2D eigenvalue weighted by molar-refractivity contribution is 7.89. The first-order valence-electron chi connectivity index (χ1n) is 6.81. The molecule has 0 aliphatic rings. The summed E-state index contributed by atoms with van der Waals surface area (Å²) in [4.78, 5) is 0.296. The van der Waals surface area contributed by atoms with E-state index >= 15 is 0 Å². The van der Waals surface area contributed by atoms with Gasteiger partial charge >= 0.3 is 0 Å². The molecule has 1 aromatic carbocycles. The van der Waals surface area contributed by atoms with Gasteiger partial charge in [-0.3, -0.25) is 0 Å². The third-order valence-corrected chi connectivity index (χ3v) is 5.05. The molecule has 0 atom stereocenters. The lowest BCUT2D eigenvalue weighted by Gasteiger charge is -2.24. The molecule has 0 unspecified atom stereocenters. The average Bonchev–Trinajstić information content (AvgIpc) is 2.42. The Bertz CT molecular complexity index is 597. The molecule has 0 bridgehead atoms. The van der Waals surface area contributed by atoms with E-state index < -0.39 is 10.0 Å². The summed E-state index contributed by atoms with van der Waals surface area (Å²) in [6.07, 6.45) is 0.189. The van der Waals surface area contributed by atoms with Gasteiger partial charge in [0.25, 0.3) is 0 Å². The maximum absolute atomic E-state index is 12.8. The molecule has 0 saturated carbocycles. The topological polar surface area (TPSA) is 96.0 Å². The monoisotopic (exact) mass is 313 g/mol. The zero-order valence-electron chi connectivity index (χ0n) is 12.7. The molecule has 118 valence electrons. The Morgan fingerprint density at radius 1 is 1.38 bits per heavy atom. The summed E-state index contributed by atoms with van der Waals surface area (Å²) >= 11 is 0. The van der Waals surface area contributed by atoms with E-state index in [1.807, 2.05) is 13.8 Å². The van der Waals surface area contributed by atoms with Gasteiger partial charge in [0.2, 0.25) is 10.0 Å². The predicted molar refractivity (Wildman–Crippen MR) is 82.8 cm³/mol. The Morgan fingerprint density at radius 2 is 2.00 bits per heavy atom. The van der Waals surface area contributed by atoms with Crippen LogP contribution in [0.4, 0.5) is 0 Å². The Balaban J connectivity index is 3.09. The fourth-order valence-electron chi connectivity index (χ4n) is 1.99. The Kier molecular flexibility index (Phi) is 6.17. The van der Waals surface area contributed by atoms with Crippen LogP contribution in [0.25, 0.3) is 0 Å². The Morgan fingerprint density at radius 3 is 2.52 bits per heavy atom. The lowest BCUT2D eigenvalue weighted by Crippen LogP contribution is -2.37. The van der Waals surface area contributed by atoms with Gasteiger partial charge in [-0.05, 0) is 24.5 Å². The van der Waals surface area contributed by atoms with Crippen LogP contribution in [0.2, 0.25) is 0 Å². The van der Waals surface area contributed by atoms with E-state index in [-0.39, 0.29) is 24.7 Å². The molecule has 1 rings (SSSR count). The fourth-order valence-corrected chi connectivity index (χ4v) is 3.82. The highest BCUT2D eigenvalue weighted by Crippen LogP contribution is 2.20.